The lowest BCUT2D eigenvalue weighted by Crippen LogP contribution is -2.26. The van der Waals surface area contributed by atoms with E-state index in [-0.39, 0.29) is 28.8 Å². The van der Waals surface area contributed by atoms with Gasteiger partial charge in [0.15, 0.2) is 11.5 Å². The molecule has 27 heavy (non-hydrogen) atoms. The normalized spacial score (nSPS) is 15.2. The molecule has 0 saturated heterocycles. The lowest BCUT2D eigenvalue weighted by Gasteiger charge is -2.27. The van der Waals surface area contributed by atoms with E-state index < -0.39 is 0 Å². The number of hydrogen-bond acceptors (Lipinski definition) is 4. The van der Waals surface area contributed by atoms with Gasteiger partial charge in [0.05, 0.1) is 5.56 Å². The number of rotatable bonds is 3. The van der Waals surface area contributed by atoms with Gasteiger partial charge in [-0.25, -0.2) is 0 Å². The van der Waals surface area contributed by atoms with E-state index in [4.69, 9.17) is 4.42 Å². The van der Waals surface area contributed by atoms with Crippen molar-refractivity contribution < 1.29 is 18.8 Å². The van der Waals surface area contributed by atoms with Crippen LogP contribution >= 0.6 is 0 Å². The Bertz CT molecular complexity index is 953. The summed E-state index contributed by atoms with van der Waals surface area (Å²) in [6.45, 7) is 9.08. The molecule has 0 fully saturated rings. The first-order chi connectivity index (χ1) is 12.6. The van der Waals surface area contributed by atoms with E-state index in [1.807, 2.05) is 20.8 Å². The van der Waals surface area contributed by atoms with E-state index in [1.54, 1.807) is 25.1 Å². The predicted octanol–water partition coefficient (Wildman–Crippen LogP) is 4.26. The van der Waals surface area contributed by atoms with Gasteiger partial charge in [-0.05, 0) is 43.0 Å². The molecule has 6 nitrogen and oxygen atoms in total. The number of benzene rings is 1. The fourth-order valence-corrected chi connectivity index (χ4v) is 3.56. The molecule has 6 heteroatoms. The Morgan fingerprint density at radius 2 is 1.81 bits per heavy atom. The Morgan fingerprint density at radius 1 is 1.11 bits per heavy atom. The minimum absolute atomic E-state index is 0.0251. The van der Waals surface area contributed by atoms with Gasteiger partial charge < -0.3 is 15.1 Å². The van der Waals surface area contributed by atoms with Gasteiger partial charge in [-0.2, -0.15) is 0 Å². The first-order valence-corrected chi connectivity index (χ1v) is 8.92. The third-order valence-corrected chi connectivity index (χ3v) is 4.78. The second-order valence-electron chi connectivity index (χ2n) is 7.96. The summed E-state index contributed by atoms with van der Waals surface area (Å²) in [6.07, 6.45) is 1.08. The summed E-state index contributed by atoms with van der Waals surface area (Å²) in [5.41, 5.74) is 3.09. The molecule has 0 saturated carbocycles. The van der Waals surface area contributed by atoms with Crippen molar-refractivity contribution in [3.05, 3.63) is 46.4 Å². The van der Waals surface area contributed by atoms with Gasteiger partial charge in [0, 0.05) is 36.7 Å². The molecular formula is C21H24N2O4. The lowest BCUT2D eigenvalue weighted by atomic mass is 9.76. The standard InChI is InChI=1S/C21H24N2O4/c1-11-8-14(6-7-15(11)22-13(3)24)23-20(26)19-12(2)18-16(25)9-21(4,5)10-17(18)27-19/h6-8H,9-10H2,1-5H3,(H,22,24)(H,23,26). The molecule has 2 aromatic rings. The Kier molecular flexibility index (Phi) is 4.68. The van der Waals surface area contributed by atoms with Crippen LogP contribution in [0.25, 0.3) is 0 Å². The summed E-state index contributed by atoms with van der Waals surface area (Å²) in [5.74, 6) is 0.251. The number of Topliss-reactive ketones (excluding diaryl/α,β-unsaturated/α-hetero) is 1. The highest BCUT2D eigenvalue weighted by Gasteiger charge is 2.37. The molecule has 0 radical (unpaired) electrons. The molecule has 0 unspecified atom stereocenters. The maximum Gasteiger partial charge on any atom is 0.291 e. The summed E-state index contributed by atoms with van der Waals surface area (Å²) >= 11 is 0. The van der Waals surface area contributed by atoms with Crippen molar-refractivity contribution in [2.24, 2.45) is 5.41 Å². The summed E-state index contributed by atoms with van der Waals surface area (Å²) < 4.78 is 5.79. The van der Waals surface area contributed by atoms with Crippen LogP contribution in [0.2, 0.25) is 0 Å². The molecule has 0 spiro atoms. The highest BCUT2D eigenvalue weighted by molar-refractivity contribution is 6.07. The fourth-order valence-electron chi connectivity index (χ4n) is 3.56. The van der Waals surface area contributed by atoms with E-state index in [9.17, 15) is 14.4 Å². The minimum Gasteiger partial charge on any atom is -0.455 e. The topological polar surface area (TPSA) is 88.4 Å². The van der Waals surface area contributed by atoms with Gasteiger partial charge in [-0.15, -0.1) is 0 Å². The number of nitrogens with one attached hydrogen (secondary N) is 2. The number of carbonyl (C=O) groups is 3. The van der Waals surface area contributed by atoms with Crippen LogP contribution in [-0.4, -0.2) is 17.6 Å². The summed E-state index contributed by atoms with van der Waals surface area (Å²) in [5, 5.41) is 5.54. The molecule has 142 valence electrons. The maximum atomic E-state index is 12.7. The van der Waals surface area contributed by atoms with Crippen LogP contribution in [0.4, 0.5) is 11.4 Å². The van der Waals surface area contributed by atoms with Crippen LogP contribution in [0.3, 0.4) is 0 Å². The van der Waals surface area contributed by atoms with Gasteiger partial charge in [-0.3, -0.25) is 14.4 Å². The summed E-state index contributed by atoms with van der Waals surface area (Å²) in [4.78, 5) is 36.4. The van der Waals surface area contributed by atoms with Crippen molar-refractivity contribution in [2.45, 2.75) is 47.5 Å². The Balaban J connectivity index is 1.85. The molecule has 1 heterocycles. The molecule has 1 aromatic carbocycles. The van der Waals surface area contributed by atoms with Gasteiger partial charge in [0.25, 0.3) is 5.91 Å². The molecular weight excluding hydrogens is 344 g/mol. The van der Waals surface area contributed by atoms with Crippen LogP contribution in [0.15, 0.2) is 22.6 Å². The third-order valence-electron chi connectivity index (χ3n) is 4.78. The average molecular weight is 368 g/mol. The number of furan rings is 1. The van der Waals surface area contributed by atoms with Crippen LogP contribution in [-0.2, 0) is 11.2 Å². The zero-order valence-electron chi connectivity index (χ0n) is 16.3. The SMILES string of the molecule is CC(=O)Nc1ccc(NC(=O)c2oc3c(c2C)C(=O)CC(C)(C)C3)cc1C. The smallest absolute Gasteiger partial charge is 0.291 e. The van der Waals surface area contributed by atoms with Crippen LogP contribution in [0.1, 0.15) is 65.0 Å². The van der Waals surface area contributed by atoms with Crippen molar-refractivity contribution in [3.63, 3.8) is 0 Å². The van der Waals surface area contributed by atoms with E-state index in [0.717, 1.165) is 5.56 Å². The number of aryl methyl sites for hydroxylation is 1. The number of carbonyl (C=O) groups excluding carboxylic acids is 3. The second kappa shape index (κ2) is 6.68. The average Bonchev–Trinajstić information content (AvgIpc) is 2.85. The van der Waals surface area contributed by atoms with Crippen molar-refractivity contribution >= 4 is 29.0 Å². The number of amides is 2. The van der Waals surface area contributed by atoms with Gasteiger partial charge in [-0.1, -0.05) is 13.8 Å². The van der Waals surface area contributed by atoms with Crippen LogP contribution in [0, 0.1) is 19.3 Å². The minimum atomic E-state index is -0.390. The molecule has 0 atom stereocenters. The summed E-state index contributed by atoms with van der Waals surface area (Å²) in [7, 11) is 0. The molecule has 1 aliphatic carbocycles. The number of hydrogen-bond donors (Lipinski definition) is 2. The van der Waals surface area contributed by atoms with Crippen molar-refractivity contribution in [3.8, 4) is 0 Å². The van der Waals surface area contributed by atoms with Gasteiger partial charge >= 0.3 is 0 Å². The van der Waals surface area contributed by atoms with Crippen molar-refractivity contribution in [1.82, 2.24) is 0 Å². The Morgan fingerprint density at radius 3 is 2.44 bits per heavy atom. The first kappa shape index (κ1) is 18.9. The molecule has 0 bridgehead atoms. The van der Waals surface area contributed by atoms with E-state index >= 15 is 0 Å². The largest absolute Gasteiger partial charge is 0.455 e. The van der Waals surface area contributed by atoms with Gasteiger partial charge in [0.2, 0.25) is 5.91 Å². The quantitative estimate of drug-likeness (QED) is 0.847. The Labute approximate surface area is 158 Å². The molecule has 0 aliphatic heterocycles. The second-order valence-corrected chi connectivity index (χ2v) is 7.96. The van der Waals surface area contributed by atoms with Crippen molar-refractivity contribution in [1.29, 1.82) is 0 Å². The van der Waals surface area contributed by atoms with E-state index in [2.05, 4.69) is 10.6 Å². The zero-order valence-corrected chi connectivity index (χ0v) is 16.3. The molecule has 2 amide bonds. The summed E-state index contributed by atoms with van der Waals surface area (Å²) in [6, 6.07) is 5.22. The lowest BCUT2D eigenvalue weighted by molar-refractivity contribution is -0.114. The monoisotopic (exact) mass is 368 g/mol. The highest BCUT2D eigenvalue weighted by atomic mass is 16.4. The number of fused-ring (bicyclic) bond motifs is 1. The highest BCUT2D eigenvalue weighted by Crippen LogP contribution is 2.38. The first-order valence-electron chi connectivity index (χ1n) is 8.92. The number of anilines is 2. The van der Waals surface area contributed by atoms with Crippen molar-refractivity contribution in [2.75, 3.05) is 10.6 Å². The van der Waals surface area contributed by atoms with E-state index in [1.165, 1.54) is 6.92 Å². The number of ketones is 1. The van der Waals surface area contributed by atoms with E-state index in [0.29, 0.717) is 41.1 Å². The van der Waals surface area contributed by atoms with Crippen LogP contribution < -0.4 is 10.6 Å². The molecule has 3 rings (SSSR count). The Hall–Kier alpha value is -2.89. The molecule has 2 N–H and O–H groups in total. The molecule has 1 aliphatic rings. The predicted molar refractivity (Wildman–Crippen MR) is 103 cm³/mol. The third kappa shape index (κ3) is 3.79. The van der Waals surface area contributed by atoms with Crippen LogP contribution in [0.5, 0.6) is 0 Å². The fraction of sp³-hybridized carbons (Fsp3) is 0.381. The van der Waals surface area contributed by atoms with Gasteiger partial charge in [0.1, 0.15) is 5.76 Å². The molecule has 1 aromatic heterocycles. The maximum absolute atomic E-state index is 12.7. The zero-order chi connectivity index (χ0) is 19.9.